The molecule has 0 aromatic heterocycles. The van der Waals surface area contributed by atoms with Gasteiger partial charge in [-0.1, -0.05) is 36.4 Å². The van der Waals surface area contributed by atoms with E-state index in [9.17, 15) is 13.2 Å². The largest absolute Gasteiger partial charge is 0.493 e. The van der Waals surface area contributed by atoms with Gasteiger partial charge < -0.3 is 14.2 Å². The lowest BCUT2D eigenvalue weighted by molar-refractivity contribution is -0.119. The van der Waals surface area contributed by atoms with Gasteiger partial charge in [0.05, 0.1) is 37.6 Å². The lowest BCUT2D eigenvalue weighted by atomic mass is 10.2. The van der Waals surface area contributed by atoms with Crippen molar-refractivity contribution in [2.24, 2.45) is 5.10 Å². The molecule has 9 nitrogen and oxygen atoms in total. The second kappa shape index (κ2) is 11.9. The molecule has 0 unspecified atom stereocenters. The van der Waals surface area contributed by atoms with Crippen LogP contribution < -0.4 is 23.9 Å². The molecule has 3 aromatic carbocycles. The van der Waals surface area contributed by atoms with Gasteiger partial charge in [-0.2, -0.15) is 5.10 Å². The summed E-state index contributed by atoms with van der Waals surface area (Å²) in [6, 6.07) is 19.8. The second-order valence-corrected chi connectivity index (χ2v) is 8.96. The highest BCUT2D eigenvalue weighted by Gasteiger charge is 2.29. The summed E-state index contributed by atoms with van der Waals surface area (Å²) in [6.45, 7) is 1.60. The predicted octanol–water partition coefficient (Wildman–Crippen LogP) is 3.45. The van der Waals surface area contributed by atoms with E-state index >= 15 is 0 Å². The SMILES string of the molecule is CCOc1ccccc1N(CC(=O)N/N=C\c1cccc(OC)c1OC)S(=O)(=O)c1ccccc1. The van der Waals surface area contributed by atoms with E-state index in [1.54, 1.807) is 67.6 Å². The van der Waals surface area contributed by atoms with Gasteiger partial charge in [0.2, 0.25) is 0 Å². The Hall–Kier alpha value is -4.05. The van der Waals surface area contributed by atoms with Crippen molar-refractivity contribution in [2.75, 3.05) is 31.7 Å². The van der Waals surface area contributed by atoms with Crippen molar-refractivity contribution < 1.29 is 27.4 Å². The van der Waals surface area contributed by atoms with Crippen LogP contribution in [-0.4, -0.2) is 47.9 Å². The number of sulfonamides is 1. The molecule has 0 aliphatic rings. The molecule has 0 atom stereocenters. The lowest BCUT2D eigenvalue weighted by Crippen LogP contribution is -2.39. The van der Waals surface area contributed by atoms with Crippen LogP contribution in [0, 0.1) is 0 Å². The zero-order valence-electron chi connectivity index (χ0n) is 19.7. The van der Waals surface area contributed by atoms with Gasteiger partial charge in [-0.15, -0.1) is 0 Å². The quantitative estimate of drug-likeness (QED) is 0.321. The third-order valence-electron chi connectivity index (χ3n) is 4.88. The van der Waals surface area contributed by atoms with Crippen LogP contribution in [0.5, 0.6) is 17.2 Å². The van der Waals surface area contributed by atoms with E-state index in [0.29, 0.717) is 29.4 Å². The zero-order valence-corrected chi connectivity index (χ0v) is 20.5. The predicted molar refractivity (Wildman–Crippen MR) is 134 cm³/mol. The van der Waals surface area contributed by atoms with Gasteiger partial charge in [-0.25, -0.2) is 13.8 Å². The first-order valence-corrected chi connectivity index (χ1v) is 12.2. The maximum Gasteiger partial charge on any atom is 0.264 e. The number of hydrogen-bond donors (Lipinski definition) is 1. The number of carbonyl (C=O) groups is 1. The Morgan fingerprint density at radius 1 is 0.943 bits per heavy atom. The van der Waals surface area contributed by atoms with Crippen LogP contribution in [-0.2, 0) is 14.8 Å². The fourth-order valence-electron chi connectivity index (χ4n) is 3.31. The molecule has 0 saturated carbocycles. The van der Waals surface area contributed by atoms with Crippen molar-refractivity contribution in [1.82, 2.24) is 5.43 Å². The maximum atomic E-state index is 13.5. The van der Waals surface area contributed by atoms with Crippen molar-refractivity contribution in [1.29, 1.82) is 0 Å². The molecule has 0 saturated heterocycles. The minimum absolute atomic E-state index is 0.0451. The average molecular weight is 498 g/mol. The molecule has 0 heterocycles. The maximum absolute atomic E-state index is 13.5. The van der Waals surface area contributed by atoms with E-state index in [1.165, 1.54) is 32.6 Å². The van der Waals surface area contributed by atoms with Gasteiger partial charge in [-0.05, 0) is 43.3 Å². The van der Waals surface area contributed by atoms with E-state index in [1.807, 2.05) is 0 Å². The van der Waals surface area contributed by atoms with E-state index in [0.717, 1.165) is 4.31 Å². The third kappa shape index (κ3) is 6.10. The Kier molecular flexibility index (Phi) is 8.69. The van der Waals surface area contributed by atoms with Crippen LogP contribution in [0.15, 0.2) is 82.8 Å². The smallest absolute Gasteiger partial charge is 0.264 e. The van der Waals surface area contributed by atoms with Crippen LogP contribution in [0.25, 0.3) is 0 Å². The lowest BCUT2D eigenvalue weighted by Gasteiger charge is -2.25. The summed E-state index contributed by atoms with van der Waals surface area (Å²) in [4.78, 5) is 12.9. The molecule has 0 spiro atoms. The zero-order chi connectivity index (χ0) is 25.3. The van der Waals surface area contributed by atoms with Gasteiger partial charge in [-0.3, -0.25) is 9.10 Å². The fraction of sp³-hybridized carbons (Fsp3) is 0.200. The van der Waals surface area contributed by atoms with Gasteiger partial charge in [0.15, 0.2) is 11.5 Å². The molecule has 0 aliphatic heterocycles. The Balaban J connectivity index is 1.89. The summed E-state index contributed by atoms with van der Waals surface area (Å²) in [7, 11) is -1.07. The topological polar surface area (TPSA) is 107 Å². The number of para-hydroxylation sites is 3. The molecule has 10 heteroatoms. The average Bonchev–Trinajstić information content (AvgIpc) is 2.88. The number of amides is 1. The summed E-state index contributed by atoms with van der Waals surface area (Å²) in [5.74, 6) is 0.656. The number of benzene rings is 3. The highest BCUT2D eigenvalue weighted by atomic mass is 32.2. The Morgan fingerprint density at radius 3 is 2.31 bits per heavy atom. The van der Waals surface area contributed by atoms with Crippen molar-refractivity contribution in [3.05, 3.63) is 78.4 Å². The summed E-state index contributed by atoms with van der Waals surface area (Å²) in [5, 5.41) is 3.97. The number of ether oxygens (including phenoxy) is 3. The summed E-state index contributed by atoms with van der Waals surface area (Å²) in [5.41, 5.74) is 3.20. The minimum Gasteiger partial charge on any atom is -0.493 e. The molecule has 3 aromatic rings. The normalized spacial score (nSPS) is 11.2. The molecule has 35 heavy (non-hydrogen) atoms. The van der Waals surface area contributed by atoms with Gasteiger partial charge >= 0.3 is 0 Å². The first-order valence-electron chi connectivity index (χ1n) is 10.7. The van der Waals surface area contributed by atoms with E-state index in [-0.39, 0.29) is 10.6 Å². The Labute approximate surface area is 205 Å². The first-order chi connectivity index (χ1) is 16.9. The molecule has 0 bridgehead atoms. The number of nitrogens with one attached hydrogen (secondary N) is 1. The van der Waals surface area contributed by atoms with Crippen LogP contribution >= 0.6 is 0 Å². The molecule has 0 radical (unpaired) electrons. The summed E-state index contributed by atoms with van der Waals surface area (Å²) >= 11 is 0. The number of anilines is 1. The van der Waals surface area contributed by atoms with Crippen LogP contribution in [0.2, 0.25) is 0 Å². The van der Waals surface area contributed by atoms with Crippen molar-refractivity contribution >= 4 is 27.8 Å². The highest BCUT2D eigenvalue weighted by Crippen LogP contribution is 2.32. The standard InChI is InChI=1S/C25H27N3O6S/c1-4-34-22-15-9-8-14-21(22)28(35(30,31)20-12-6-5-7-13-20)18-24(29)27-26-17-19-11-10-16-23(32-2)25(19)33-3/h5-17H,4,18H2,1-3H3,(H,27,29)/b26-17-. The third-order valence-corrected chi connectivity index (χ3v) is 6.65. The Bertz CT molecular complexity index is 1280. The van der Waals surface area contributed by atoms with Gasteiger partial charge in [0.1, 0.15) is 12.3 Å². The number of hydrogen-bond acceptors (Lipinski definition) is 7. The molecule has 184 valence electrons. The minimum atomic E-state index is -4.08. The summed E-state index contributed by atoms with van der Waals surface area (Å²) < 4.78 is 44.2. The van der Waals surface area contributed by atoms with Gasteiger partial charge in [0.25, 0.3) is 15.9 Å². The van der Waals surface area contributed by atoms with Crippen molar-refractivity contribution in [2.45, 2.75) is 11.8 Å². The highest BCUT2D eigenvalue weighted by molar-refractivity contribution is 7.92. The number of rotatable bonds is 11. The van der Waals surface area contributed by atoms with Crippen LogP contribution in [0.3, 0.4) is 0 Å². The van der Waals surface area contributed by atoms with Crippen molar-refractivity contribution in [3.63, 3.8) is 0 Å². The molecule has 3 rings (SSSR count). The molecule has 0 aliphatic carbocycles. The summed E-state index contributed by atoms with van der Waals surface area (Å²) in [6.07, 6.45) is 1.39. The number of carbonyl (C=O) groups excluding carboxylic acids is 1. The number of nitrogens with zero attached hydrogens (tertiary/aromatic N) is 2. The molecular weight excluding hydrogens is 470 g/mol. The fourth-order valence-corrected chi connectivity index (χ4v) is 4.77. The number of methoxy groups -OCH3 is 2. The van der Waals surface area contributed by atoms with E-state index in [2.05, 4.69) is 10.5 Å². The van der Waals surface area contributed by atoms with E-state index in [4.69, 9.17) is 14.2 Å². The van der Waals surface area contributed by atoms with Gasteiger partial charge in [0, 0.05) is 5.56 Å². The monoisotopic (exact) mass is 497 g/mol. The van der Waals surface area contributed by atoms with Crippen LogP contribution in [0.4, 0.5) is 5.69 Å². The van der Waals surface area contributed by atoms with Crippen LogP contribution in [0.1, 0.15) is 12.5 Å². The van der Waals surface area contributed by atoms with Crippen molar-refractivity contribution in [3.8, 4) is 17.2 Å². The molecule has 1 amide bonds. The molecular formula is C25H27N3O6S. The second-order valence-electron chi connectivity index (χ2n) is 7.10. The van der Waals surface area contributed by atoms with E-state index < -0.39 is 22.5 Å². The Morgan fingerprint density at radius 2 is 1.63 bits per heavy atom. The first kappa shape index (κ1) is 25.6. The number of hydrazone groups is 1. The molecule has 1 N–H and O–H groups in total. The molecule has 0 fully saturated rings.